The Morgan fingerprint density at radius 3 is 3.00 bits per heavy atom. The number of nitrogens with two attached hydrogens (primary N) is 1. The van der Waals surface area contributed by atoms with E-state index in [-0.39, 0.29) is 11.1 Å². The van der Waals surface area contributed by atoms with Gasteiger partial charge in [-0.2, -0.15) is 11.8 Å². The first-order chi connectivity index (χ1) is 8.66. The molecule has 1 aliphatic rings. The third kappa shape index (κ3) is 3.53. The van der Waals surface area contributed by atoms with Crippen LogP contribution >= 0.6 is 23.4 Å². The van der Waals surface area contributed by atoms with E-state index in [2.05, 4.69) is 10.3 Å². The molecule has 1 aromatic rings. The van der Waals surface area contributed by atoms with E-state index in [0.717, 1.165) is 12.8 Å². The van der Waals surface area contributed by atoms with E-state index in [1.54, 1.807) is 0 Å². The first kappa shape index (κ1) is 13.5. The molecule has 0 radical (unpaired) electrons. The molecule has 0 spiro atoms. The number of rotatable bonds is 3. The Morgan fingerprint density at radius 1 is 1.56 bits per heavy atom. The van der Waals surface area contributed by atoms with Crippen LogP contribution in [0.5, 0.6) is 0 Å². The van der Waals surface area contributed by atoms with Gasteiger partial charge in [-0.15, -0.1) is 0 Å². The Kier molecular flexibility index (Phi) is 4.72. The maximum absolute atomic E-state index is 12.0. The van der Waals surface area contributed by atoms with Crippen molar-refractivity contribution in [2.45, 2.75) is 12.8 Å². The number of hydrogen-bond donors (Lipinski definition) is 2. The van der Waals surface area contributed by atoms with Gasteiger partial charge in [-0.05, 0) is 36.3 Å². The molecule has 3 N–H and O–H groups in total. The van der Waals surface area contributed by atoms with Crippen LogP contribution < -0.4 is 11.1 Å². The lowest BCUT2D eigenvalue weighted by atomic mass is 10.0. The Balaban J connectivity index is 1.92. The number of pyridine rings is 1. The molecule has 2 heterocycles. The first-order valence-corrected chi connectivity index (χ1v) is 7.47. The van der Waals surface area contributed by atoms with Gasteiger partial charge in [0, 0.05) is 6.54 Å². The summed E-state index contributed by atoms with van der Waals surface area (Å²) in [5.41, 5.74) is 6.47. The topological polar surface area (TPSA) is 68.0 Å². The second kappa shape index (κ2) is 6.29. The molecule has 0 unspecified atom stereocenters. The lowest BCUT2D eigenvalue weighted by Crippen LogP contribution is -2.31. The van der Waals surface area contributed by atoms with Crippen LogP contribution in [0.3, 0.4) is 0 Å². The monoisotopic (exact) mass is 285 g/mol. The van der Waals surface area contributed by atoms with Gasteiger partial charge in [-0.1, -0.05) is 11.6 Å². The number of carbonyl (C=O) groups excluding carboxylic acids is 1. The predicted molar refractivity (Wildman–Crippen MR) is 76.0 cm³/mol. The normalized spacial score (nSPS) is 16.5. The van der Waals surface area contributed by atoms with Crippen molar-refractivity contribution in [1.29, 1.82) is 0 Å². The van der Waals surface area contributed by atoms with Gasteiger partial charge in [0.05, 0.1) is 17.4 Å². The molecule has 6 heteroatoms. The fraction of sp³-hybridized carbons (Fsp3) is 0.500. The third-order valence-electron chi connectivity index (χ3n) is 3.04. The number of aromatic nitrogens is 1. The van der Waals surface area contributed by atoms with Crippen molar-refractivity contribution in [3.05, 3.63) is 23.0 Å². The van der Waals surface area contributed by atoms with E-state index < -0.39 is 0 Å². The highest BCUT2D eigenvalue weighted by molar-refractivity contribution is 7.99. The number of nitrogen functional groups attached to an aromatic ring is 1. The molecule has 1 aliphatic heterocycles. The van der Waals surface area contributed by atoms with E-state index in [0.29, 0.717) is 23.7 Å². The quantitative estimate of drug-likeness (QED) is 0.836. The van der Waals surface area contributed by atoms with Crippen molar-refractivity contribution < 1.29 is 4.79 Å². The van der Waals surface area contributed by atoms with Crippen LogP contribution in [-0.2, 0) is 0 Å². The van der Waals surface area contributed by atoms with Crippen molar-refractivity contribution in [3.63, 3.8) is 0 Å². The number of amides is 1. The third-order valence-corrected chi connectivity index (χ3v) is 4.29. The number of thioether (sulfide) groups is 1. The summed E-state index contributed by atoms with van der Waals surface area (Å²) in [6.45, 7) is 0.707. The minimum atomic E-state index is -0.171. The van der Waals surface area contributed by atoms with Gasteiger partial charge in [0.1, 0.15) is 5.15 Å². The summed E-state index contributed by atoms with van der Waals surface area (Å²) in [6, 6.07) is 1.50. The van der Waals surface area contributed by atoms with Gasteiger partial charge >= 0.3 is 0 Å². The molecule has 98 valence electrons. The zero-order chi connectivity index (χ0) is 13.0. The maximum atomic E-state index is 12.0. The van der Waals surface area contributed by atoms with Crippen molar-refractivity contribution in [2.75, 3.05) is 23.8 Å². The lowest BCUT2D eigenvalue weighted by molar-refractivity contribution is 0.0947. The lowest BCUT2D eigenvalue weighted by Gasteiger charge is -2.21. The summed E-state index contributed by atoms with van der Waals surface area (Å²) >= 11 is 7.74. The van der Waals surface area contributed by atoms with Crippen molar-refractivity contribution in [3.8, 4) is 0 Å². The molecule has 1 amide bonds. The highest BCUT2D eigenvalue weighted by atomic mass is 35.5. The van der Waals surface area contributed by atoms with Crippen LogP contribution in [0.15, 0.2) is 12.3 Å². The summed E-state index contributed by atoms with van der Waals surface area (Å²) in [5, 5.41) is 3.20. The minimum absolute atomic E-state index is 0.171. The average Bonchev–Trinajstić information content (AvgIpc) is 2.40. The van der Waals surface area contributed by atoms with Gasteiger partial charge in [-0.3, -0.25) is 4.79 Å². The number of halogens is 1. The molecular formula is C12H16ClN3OS. The molecule has 1 fully saturated rings. The highest BCUT2D eigenvalue weighted by Crippen LogP contribution is 2.22. The summed E-state index contributed by atoms with van der Waals surface area (Å²) < 4.78 is 0. The molecular weight excluding hydrogens is 270 g/mol. The Bertz CT molecular complexity index is 435. The van der Waals surface area contributed by atoms with Crippen LogP contribution in [0.2, 0.25) is 5.15 Å². The Labute approximate surface area is 116 Å². The fourth-order valence-corrected chi connectivity index (χ4v) is 3.28. The number of hydrogen-bond acceptors (Lipinski definition) is 4. The van der Waals surface area contributed by atoms with Gasteiger partial charge in [0.25, 0.3) is 5.91 Å². The van der Waals surface area contributed by atoms with E-state index >= 15 is 0 Å². The summed E-state index contributed by atoms with van der Waals surface area (Å²) in [4.78, 5) is 15.8. The van der Waals surface area contributed by atoms with E-state index in [1.165, 1.54) is 23.8 Å². The van der Waals surface area contributed by atoms with Gasteiger partial charge in [0.2, 0.25) is 0 Å². The van der Waals surface area contributed by atoms with Crippen LogP contribution in [0.4, 0.5) is 5.69 Å². The fourth-order valence-electron chi connectivity index (χ4n) is 1.92. The van der Waals surface area contributed by atoms with Crippen LogP contribution in [0.1, 0.15) is 23.2 Å². The molecule has 1 saturated heterocycles. The Morgan fingerprint density at radius 2 is 2.28 bits per heavy atom. The SMILES string of the molecule is Nc1cnc(Cl)cc1C(=O)NCC1CCSCC1. The standard InChI is InChI=1S/C12H16ClN3OS/c13-11-5-9(10(14)7-15-11)12(17)16-6-8-1-3-18-4-2-8/h5,7-8H,1-4,6,14H2,(H,16,17). The van der Waals surface area contributed by atoms with E-state index in [9.17, 15) is 4.79 Å². The minimum Gasteiger partial charge on any atom is -0.397 e. The molecule has 4 nitrogen and oxygen atoms in total. The van der Waals surface area contributed by atoms with Gasteiger partial charge in [-0.25, -0.2) is 4.98 Å². The summed E-state index contributed by atoms with van der Waals surface area (Å²) in [6.07, 6.45) is 3.74. The molecule has 0 atom stereocenters. The molecule has 0 aliphatic carbocycles. The average molecular weight is 286 g/mol. The number of anilines is 1. The second-order valence-corrected chi connectivity index (χ2v) is 5.97. The largest absolute Gasteiger partial charge is 0.397 e. The van der Waals surface area contributed by atoms with E-state index in [1.807, 2.05) is 11.8 Å². The van der Waals surface area contributed by atoms with E-state index in [4.69, 9.17) is 17.3 Å². The Hall–Kier alpha value is -0.940. The molecule has 0 aromatic carbocycles. The second-order valence-electron chi connectivity index (χ2n) is 4.36. The smallest absolute Gasteiger partial charge is 0.253 e. The molecule has 0 saturated carbocycles. The first-order valence-electron chi connectivity index (χ1n) is 5.94. The number of nitrogens with one attached hydrogen (secondary N) is 1. The maximum Gasteiger partial charge on any atom is 0.253 e. The molecule has 18 heavy (non-hydrogen) atoms. The van der Waals surface area contributed by atoms with Crippen LogP contribution in [-0.4, -0.2) is 28.9 Å². The summed E-state index contributed by atoms with van der Waals surface area (Å²) in [7, 11) is 0. The van der Waals surface area contributed by atoms with Crippen molar-refractivity contribution in [1.82, 2.24) is 10.3 Å². The highest BCUT2D eigenvalue weighted by Gasteiger charge is 2.16. The summed E-state index contributed by atoms with van der Waals surface area (Å²) in [5.74, 6) is 2.77. The number of carbonyl (C=O) groups is 1. The van der Waals surface area contributed by atoms with Crippen LogP contribution in [0.25, 0.3) is 0 Å². The van der Waals surface area contributed by atoms with Gasteiger partial charge in [0.15, 0.2) is 0 Å². The van der Waals surface area contributed by atoms with Crippen molar-refractivity contribution in [2.24, 2.45) is 5.92 Å². The molecule has 0 bridgehead atoms. The molecule has 1 aromatic heterocycles. The zero-order valence-electron chi connectivity index (χ0n) is 9.99. The van der Waals surface area contributed by atoms with Crippen molar-refractivity contribution >= 4 is 35.0 Å². The number of nitrogens with zero attached hydrogens (tertiary/aromatic N) is 1. The van der Waals surface area contributed by atoms with Gasteiger partial charge < -0.3 is 11.1 Å². The zero-order valence-corrected chi connectivity index (χ0v) is 11.6. The predicted octanol–water partition coefficient (Wildman–Crippen LogP) is 2.19. The molecule has 2 rings (SSSR count). The van der Waals surface area contributed by atoms with Crippen LogP contribution in [0, 0.1) is 5.92 Å².